The van der Waals surface area contributed by atoms with Gasteiger partial charge in [0.1, 0.15) is 0 Å². The zero-order chi connectivity index (χ0) is 13.0. The Morgan fingerprint density at radius 3 is 1.65 bits per heavy atom. The molecule has 0 aromatic rings. The maximum atomic E-state index is 3.55. The fourth-order valence-electron chi connectivity index (χ4n) is 2.44. The molecule has 104 valence electrons. The van der Waals surface area contributed by atoms with Gasteiger partial charge in [-0.25, -0.2) is 0 Å². The van der Waals surface area contributed by atoms with Gasteiger partial charge in [0.2, 0.25) is 0 Å². The van der Waals surface area contributed by atoms with Gasteiger partial charge in [0.05, 0.1) is 0 Å². The van der Waals surface area contributed by atoms with Crippen LogP contribution in [0.5, 0.6) is 0 Å². The first-order chi connectivity index (χ1) is 8.12. The third-order valence-corrected chi connectivity index (χ3v) is 3.56. The van der Waals surface area contributed by atoms with Crippen LogP contribution in [0.4, 0.5) is 0 Å². The van der Waals surface area contributed by atoms with Crippen LogP contribution in [0.2, 0.25) is 0 Å². The molecule has 0 aromatic heterocycles. The lowest BCUT2D eigenvalue weighted by Gasteiger charge is -2.25. The van der Waals surface area contributed by atoms with E-state index >= 15 is 0 Å². The van der Waals surface area contributed by atoms with Crippen molar-refractivity contribution in [1.82, 2.24) is 5.32 Å². The van der Waals surface area contributed by atoms with E-state index in [1.54, 1.807) is 0 Å². The Hall–Kier alpha value is -0.0400. The average Bonchev–Trinajstić information content (AvgIpc) is 2.27. The molecule has 0 aromatic carbocycles. The highest BCUT2D eigenvalue weighted by Crippen LogP contribution is 2.15. The van der Waals surface area contributed by atoms with Crippen molar-refractivity contribution in [3.05, 3.63) is 0 Å². The molecule has 0 aliphatic heterocycles. The average molecular weight is 241 g/mol. The molecule has 1 nitrogen and oxygen atoms in total. The van der Waals surface area contributed by atoms with Crippen molar-refractivity contribution >= 4 is 0 Å². The van der Waals surface area contributed by atoms with Crippen LogP contribution in [0.25, 0.3) is 0 Å². The Bertz CT molecular complexity index is 152. The van der Waals surface area contributed by atoms with E-state index in [9.17, 15) is 0 Å². The van der Waals surface area contributed by atoms with Crippen molar-refractivity contribution in [3.63, 3.8) is 0 Å². The van der Waals surface area contributed by atoms with Gasteiger partial charge in [-0.3, -0.25) is 0 Å². The quantitative estimate of drug-likeness (QED) is 0.457. The van der Waals surface area contributed by atoms with E-state index in [2.05, 4.69) is 33.0 Å². The molecule has 1 N–H and O–H groups in total. The number of hydrogen-bond acceptors (Lipinski definition) is 1. The summed E-state index contributed by atoms with van der Waals surface area (Å²) < 4.78 is 0. The summed E-state index contributed by atoms with van der Waals surface area (Å²) in [5.41, 5.74) is 0.343. The van der Waals surface area contributed by atoms with E-state index in [0.29, 0.717) is 5.54 Å². The van der Waals surface area contributed by atoms with Crippen LogP contribution in [0, 0.1) is 0 Å². The van der Waals surface area contributed by atoms with Gasteiger partial charge in [-0.2, -0.15) is 0 Å². The van der Waals surface area contributed by atoms with Crippen molar-refractivity contribution in [2.45, 2.75) is 97.4 Å². The lowest BCUT2D eigenvalue weighted by molar-refractivity contribution is 0.354. The summed E-state index contributed by atoms with van der Waals surface area (Å²) in [4.78, 5) is 0. The molecule has 0 radical (unpaired) electrons. The van der Waals surface area contributed by atoms with Crippen LogP contribution in [0.3, 0.4) is 0 Å². The predicted octanol–water partition coefficient (Wildman–Crippen LogP) is 5.30. The highest BCUT2D eigenvalue weighted by molar-refractivity contribution is 4.76. The molecule has 0 atom stereocenters. The molecule has 0 rings (SSSR count). The van der Waals surface area contributed by atoms with Crippen LogP contribution in [-0.2, 0) is 0 Å². The molecule has 0 saturated heterocycles. The van der Waals surface area contributed by atoms with Crippen molar-refractivity contribution in [2.75, 3.05) is 6.54 Å². The molecular weight excluding hydrogens is 206 g/mol. The first-order valence-electron chi connectivity index (χ1n) is 7.87. The van der Waals surface area contributed by atoms with E-state index in [4.69, 9.17) is 0 Å². The number of rotatable bonds is 12. The summed E-state index contributed by atoms with van der Waals surface area (Å²) in [5.74, 6) is 0. The third kappa shape index (κ3) is 12.2. The highest BCUT2D eigenvalue weighted by Gasteiger charge is 2.14. The molecule has 0 aliphatic carbocycles. The van der Waals surface area contributed by atoms with Crippen molar-refractivity contribution in [1.29, 1.82) is 0 Å². The first-order valence-corrected chi connectivity index (χ1v) is 7.87. The molecule has 0 heterocycles. The smallest absolute Gasteiger partial charge is 0.0125 e. The van der Waals surface area contributed by atoms with E-state index < -0.39 is 0 Å². The monoisotopic (exact) mass is 241 g/mol. The Morgan fingerprint density at radius 1 is 0.706 bits per heavy atom. The van der Waals surface area contributed by atoms with Gasteiger partial charge >= 0.3 is 0 Å². The summed E-state index contributed by atoms with van der Waals surface area (Å²) in [6.45, 7) is 10.2. The van der Waals surface area contributed by atoms with Gasteiger partial charge in [0.15, 0.2) is 0 Å². The second-order valence-electron chi connectivity index (χ2n) is 5.99. The second-order valence-corrected chi connectivity index (χ2v) is 5.99. The molecule has 0 aliphatic rings. The maximum Gasteiger partial charge on any atom is 0.0125 e. The summed E-state index contributed by atoms with van der Waals surface area (Å²) in [6, 6.07) is 0. The van der Waals surface area contributed by atoms with E-state index in [1.165, 1.54) is 64.2 Å². The molecular formula is C16H35N. The van der Waals surface area contributed by atoms with E-state index in [-0.39, 0.29) is 0 Å². The van der Waals surface area contributed by atoms with Gasteiger partial charge in [0, 0.05) is 5.54 Å². The number of nitrogens with one attached hydrogen (secondary N) is 1. The van der Waals surface area contributed by atoms with E-state index in [0.717, 1.165) is 6.54 Å². The molecule has 0 bridgehead atoms. The lowest BCUT2D eigenvalue weighted by Crippen LogP contribution is -2.38. The summed E-state index contributed by atoms with van der Waals surface area (Å²) in [6.07, 6.45) is 14.2. The predicted molar refractivity (Wildman–Crippen MR) is 79.6 cm³/mol. The van der Waals surface area contributed by atoms with Gasteiger partial charge < -0.3 is 5.32 Å². The Morgan fingerprint density at radius 2 is 1.18 bits per heavy atom. The Kier molecular flexibility index (Phi) is 11.0. The first kappa shape index (κ1) is 17.0. The Balaban J connectivity index is 3.18. The highest BCUT2D eigenvalue weighted by atomic mass is 14.9. The van der Waals surface area contributed by atoms with Crippen molar-refractivity contribution in [3.8, 4) is 0 Å². The maximum absolute atomic E-state index is 3.55. The van der Waals surface area contributed by atoms with Crippen LogP contribution in [0.1, 0.15) is 91.9 Å². The second kappa shape index (κ2) is 11.1. The van der Waals surface area contributed by atoms with Crippen molar-refractivity contribution < 1.29 is 0 Å². The third-order valence-electron chi connectivity index (χ3n) is 3.56. The fraction of sp³-hybridized carbons (Fsp3) is 1.00. The topological polar surface area (TPSA) is 12.0 Å². The summed E-state index contributed by atoms with van der Waals surface area (Å²) >= 11 is 0. The molecule has 0 amide bonds. The van der Waals surface area contributed by atoms with Gasteiger partial charge in [0.25, 0.3) is 0 Å². The molecule has 0 spiro atoms. The zero-order valence-corrected chi connectivity index (χ0v) is 12.8. The minimum absolute atomic E-state index is 0.343. The minimum Gasteiger partial charge on any atom is -0.312 e. The SMILES string of the molecule is CCCCCCCCCCCC(C)(C)NCC. The fourth-order valence-corrected chi connectivity index (χ4v) is 2.44. The Labute approximate surface area is 110 Å². The molecule has 1 heteroatoms. The molecule has 17 heavy (non-hydrogen) atoms. The molecule has 0 fully saturated rings. The van der Waals surface area contributed by atoms with Crippen LogP contribution in [-0.4, -0.2) is 12.1 Å². The van der Waals surface area contributed by atoms with Crippen LogP contribution in [0.15, 0.2) is 0 Å². The van der Waals surface area contributed by atoms with Gasteiger partial charge in [-0.15, -0.1) is 0 Å². The number of hydrogen-bond donors (Lipinski definition) is 1. The van der Waals surface area contributed by atoms with Crippen LogP contribution >= 0.6 is 0 Å². The molecule has 0 saturated carbocycles. The van der Waals surface area contributed by atoms with Crippen molar-refractivity contribution in [2.24, 2.45) is 0 Å². The van der Waals surface area contributed by atoms with Gasteiger partial charge in [-0.05, 0) is 26.8 Å². The lowest BCUT2D eigenvalue weighted by atomic mass is 9.96. The number of unbranched alkanes of at least 4 members (excludes halogenated alkanes) is 8. The largest absolute Gasteiger partial charge is 0.312 e. The molecule has 0 unspecified atom stereocenters. The normalized spacial score (nSPS) is 12.0. The summed E-state index contributed by atoms with van der Waals surface area (Å²) in [7, 11) is 0. The van der Waals surface area contributed by atoms with Gasteiger partial charge in [-0.1, -0.05) is 71.6 Å². The summed E-state index contributed by atoms with van der Waals surface area (Å²) in [5, 5.41) is 3.55. The standard InChI is InChI=1S/C16H35N/c1-5-7-8-9-10-11-12-13-14-15-16(3,4)17-6-2/h17H,5-15H2,1-4H3. The van der Waals surface area contributed by atoms with Crippen LogP contribution < -0.4 is 5.32 Å². The minimum atomic E-state index is 0.343. The van der Waals surface area contributed by atoms with E-state index in [1.807, 2.05) is 0 Å². The zero-order valence-electron chi connectivity index (χ0n) is 12.8.